The lowest BCUT2D eigenvalue weighted by molar-refractivity contribution is -0.384. The maximum absolute atomic E-state index is 11.0. The van der Waals surface area contributed by atoms with E-state index >= 15 is 0 Å². The number of likely N-dealkylation sites (N-methyl/N-ethyl adjacent to an activating group) is 1. The summed E-state index contributed by atoms with van der Waals surface area (Å²) in [5.41, 5.74) is 0.00944. The first-order valence-corrected chi connectivity index (χ1v) is 7.47. The molecule has 21 heavy (non-hydrogen) atoms. The monoisotopic (exact) mass is 295 g/mol. The number of nitrogens with zero attached hydrogens (tertiary/aromatic N) is 3. The Hall–Kier alpha value is -1.89. The van der Waals surface area contributed by atoms with Crippen molar-refractivity contribution in [2.45, 2.75) is 27.2 Å². The molecule has 0 aromatic carbocycles. The van der Waals surface area contributed by atoms with E-state index in [0.29, 0.717) is 18.2 Å². The number of hydrogen-bond acceptors (Lipinski definition) is 6. The van der Waals surface area contributed by atoms with Crippen molar-refractivity contribution in [1.29, 1.82) is 0 Å². The van der Waals surface area contributed by atoms with Gasteiger partial charge in [0.2, 0.25) is 5.82 Å². The maximum atomic E-state index is 11.0. The number of nitro groups is 1. The van der Waals surface area contributed by atoms with Crippen molar-refractivity contribution in [2.24, 2.45) is 0 Å². The predicted molar refractivity (Wildman–Crippen MR) is 85.9 cm³/mol. The lowest BCUT2D eigenvalue weighted by Crippen LogP contribution is -2.29. The van der Waals surface area contributed by atoms with E-state index in [0.717, 1.165) is 32.6 Å². The molecule has 0 bridgehead atoms. The third-order valence-corrected chi connectivity index (χ3v) is 3.14. The summed E-state index contributed by atoms with van der Waals surface area (Å²) in [7, 11) is 0. The molecule has 0 unspecified atom stereocenters. The molecule has 1 heterocycles. The average molecular weight is 295 g/mol. The summed E-state index contributed by atoms with van der Waals surface area (Å²) in [6, 6.07) is 3.11. The molecule has 0 atom stereocenters. The minimum atomic E-state index is -0.408. The highest BCUT2D eigenvalue weighted by molar-refractivity contribution is 5.60. The molecule has 0 amide bonds. The van der Waals surface area contributed by atoms with Crippen molar-refractivity contribution >= 4 is 17.3 Å². The molecule has 0 aliphatic heterocycles. The van der Waals surface area contributed by atoms with Gasteiger partial charge in [0.1, 0.15) is 5.82 Å². The van der Waals surface area contributed by atoms with Gasteiger partial charge in [-0.3, -0.25) is 10.1 Å². The van der Waals surface area contributed by atoms with Crippen LogP contribution in [0.15, 0.2) is 12.1 Å². The fourth-order valence-electron chi connectivity index (χ4n) is 2.09. The normalized spacial score (nSPS) is 10.7. The molecule has 0 saturated heterocycles. The summed E-state index contributed by atoms with van der Waals surface area (Å²) < 4.78 is 0. The summed E-state index contributed by atoms with van der Waals surface area (Å²) in [6.45, 7) is 10.4. The molecule has 2 N–H and O–H groups in total. The molecule has 1 rings (SSSR count). The SMILES string of the molecule is CCCN(CC)CCNc1nc(NCC)ccc1[N+](=O)[O-]. The number of anilines is 2. The molecule has 7 nitrogen and oxygen atoms in total. The van der Waals surface area contributed by atoms with Gasteiger partial charge in [0.15, 0.2) is 0 Å². The Kier molecular flexibility index (Phi) is 7.45. The first-order chi connectivity index (χ1) is 10.1. The van der Waals surface area contributed by atoms with Crippen molar-refractivity contribution in [2.75, 3.05) is 43.4 Å². The highest BCUT2D eigenvalue weighted by Crippen LogP contribution is 2.23. The molecule has 0 aliphatic rings. The topological polar surface area (TPSA) is 83.3 Å². The molecule has 1 aromatic rings. The summed E-state index contributed by atoms with van der Waals surface area (Å²) in [6.07, 6.45) is 1.10. The van der Waals surface area contributed by atoms with Crippen LogP contribution < -0.4 is 10.6 Å². The lowest BCUT2D eigenvalue weighted by atomic mass is 10.3. The average Bonchev–Trinajstić information content (AvgIpc) is 2.46. The van der Waals surface area contributed by atoms with Crippen molar-refractivity contribution in [3.8, 4) is 0 Å². The van der Waals surface area contributed by atoms with Crippen molar-refractivity contribution in [3.05, 3.63) is 22.2 Å². The Bertz CT molecular complexity index is 453. The largest absolute Gasteiger partial charge is 0.370 e. The van der Waals surface area contributed by atoms with Gasteiger partial charge >= 0.3 is 5.69 Å². The third kappa shape index (κ3) is 5.55. The number of aromatic nitrogens is 1. The van der Waals surface area contributed by atoms with E-state index in [1.165, 1.54) is 6.07 Å². The van der Waals surface area contributed by atoms with Gasteiger partial charge in [-0.05, 0) is 32.5 Å². The van der Waals surface area contributed by atoms with Gasteiger partial charge in [-0.2, -0.15) is 0 Å². The highest BCUT2D eigenvalue weighted by atomic mass is 16.6. The zero-order chi connectivity index (χ0) is 15.7. The summed E-state index contributed by atoms with van der Waals surface area (Å²) >= 11 is 0. The number of rotatable bonds is 10. The van der Waals surface area contributed by atoms with Gasteiger partial charge in [0, 0.05) is 25.7 Å². The smallest absolute Gasteiger partial charge is 0.311 e. The van der Waals surface area contributed by atoms with E-state index in [1.54, 1.807) is 6.07 Å². The summed E-state index contributed by atoms with van der Waals surface area (Å²) in [5, 5.41) is 17.2. The Morgan fingerprint density at radius 3 is 2.57 bits per heavy atom. The number of hydrogen-bond donors (Lipinski definition) is 2. The van der Waals surface area contributed by atoms with Crippen LogP contribution in [0, 0.1) is 10.1 Å². The van der Waals surface area contributed by atoms with Crippen molar-refractivity contribution in [3.63, 3.8) is 0 Å². The van der Waals surface area contributed by atoms with Crippen LogP contribution in [0.4, 0.5) is 17.3 Å². The van der Waals surface area contributed by atoms with Gasteiger partial charge < -0.3 is 15.5 Å². The van der Waals surface area contributed by atoms with Crippen LogP contribution in [-0.2, 0) is 0 Å². The first kappa shape index (κ1) is 17.2. The molecule has 0 fully saturated rings. The van der Waals surface area contributed by atoms with Crippen LogP contribution in [-0.4, -0.2) is 47.5 Å². The highest BCUT2D eigenvalue weighted by Gasteiger charge is 2.15. The van der Waals surface area contributed by atoms with Gasteiger partial charge in [0.05, 0.1) is 4.92 Å². The number of nitrogens with one attached hydrogen (secondary N) is 2. The number of pyridine rings is 1. The fourth-order valence-corrected chi connectivity index (χ4v) is 2.09. The van der Waals surface area contributed by atoms with E-state index in [1.807, 2.05) is 6.92 Å². The van der Waals surface area contributed by atoms with E-state index in [9.17, 15) is 10.1 Å². The Morgan fingerprint density at radius 1 is 1.24 bits per heavy atom. The van der Waals surface area contributed by atoms with Crippen molar-refractivity contribution < 1.29 is 4.92 Å². The van der Waals surface area contributed by atoms with Crippen LogP contribution >= 0.6 is 0 Å². The zero-order valence-electron chi connectivity index (χ0n) is 13.1. The van der Waals surface area contributed by atoms with Gasteiger partial charge in [-0.25, -0.2) is 4.98 Å². The quantitative estimate of drug-likeness (QED) is 0.510. The molecule has 0 radical (unpaired) electrons. The molecular formula is C14H25N5O2. The fraction of sp³-hybridized carbons (Fsp3) is 0.643. The van der Waals surface area contributed by atoms with E-state index < -0.39 is 4.92 Å². The lowest BCUT2D eigenvalue weighted by Gasteiger charge is -2.19. The van der Waals surface area contributed by atoms with Crippen LogP contribution in [0.1, 0.15) is 27.2 Å². The van der Waals surface area contributed by atoms with E-state index in [2.05, 4.69) is 34.4 Å². The second-order valence-electron chi connectivity index (χ2n) is 4.71. The minimum absolute atomic E-state index is 0.00944. The Balaban J connectivity index is 2.70. The minimum Gasteiger partial charge on any atom is -0.370 e. The Morgan fingerprint density at radius 2 is 2.00 bits per heavy atom. The standard InChI is InChI=1S/C14H25N5O2/c1-4-10-18(6-3)11-9-16-14-12(19(20)21)7-8-13(17-14)15-5-2/h7-8H,4-6,9-11H2,1-3H3,(H2,15,16,17). The molecule has 118 valence electrons. The molecule has 0 saturated carbocycles. The molecule has 0 spiro atoms. The predicted octanol–water partition coefficient (Wildman–Crippen LogP) is 2.57. The summed E-state index contributed by atoms with van der Waals surface area (Å²) in [4.78, 5) is 17.2. The van der Waals surface area contributed by atoms with E-state index in [-0.39, 0.29) is 5.69 Å². The third-order valence-electron chi connectivity index (χ3n) is 3.14. The van der Waals surface area contributed by atoms with Crippen LogP contribution in [0.3, 0.4) is 0 Å². The van der Waals surface area contributed by atoms with Crippen LogP contribution in [0.5, 0.6) is 0 Å². The van der Waals surface area contributed by atoms with Crippen LogP contribution in [0.25, 0.3) is 0 Å². The molecular weight excluding hydrogens is 270 g/mol. The van der Waals surface area contributed by atoms with Gasteiger partial charge in [-0.1, -0.05) is 13.8 Å². The summed E-state index contributed by atoms with van der Waals surface area (Å²) in [5.74, 6) is 0.970. The molecule has 7 heteroatoms. The van der Waals surface area contributed by atoms with Crippen molar-refractivity contribution in [1.82, 2.24) is 9.88 Å². The zero-order valence-corrected chi connectivity index (χ0v) is 13.1. The molecule has 0 aliphatic carbocycles. The maximum Gasteiger partial charge on any atom is 0.311 e. The van der Waals surface area contributed by atoms with Gasteiger partial charge in [-0.15, -0.1) is 0 Å². The second kappa shape index (κ2) is 9.12. The van der Waals surface area contributed by atoms with Gasteiger partial charge in [0.25, 0.3) is 0 Å². The second-order valence-corrected chi connectivity index (χ2v) is 4.71. The molecule has 1 aromatic heterocycles. The first-order valence-electron chi connectivity index (χ1n) is 7.47. The Labute approximate surface area is 125 Å². The van der Waals surface area contributed by atoms with E-state index in [4.69, 9.17) is 0 Å². The van der Waals surface area contributed by atoms with Crippen LogP contribution in [0.2, 0.25) is 0 Å².